The summed E-state index contributed by atoms with van der Waals surface area (Å²) in [6.45, 7) is 4.13. The van der Waals surface area contributed by atoms with E-state index in [0.29, 0.717) is 6.54 Å². The minimum absolute atomic E-state index is 0.0850. The molecule has 1 aliphatic carbocycles. The normalized spacial score (nSPS) is 19.2. The second kappa shape index (κ2) is 8.17. The Kier molecular flexibility index (Phi) is 5.23. The number of carbonyl (C=O) groups excluding carboxylic acids is 2. The second-order valence-electron chi connectivity index (χ2n) is 8.82. The van der Waals surface area contributed by atoms with Crippen LogP contribution >= 0.6 is 0 Å². The van der Waals surface area contributed by atoms with E-state index in [9.17, 15) is 9.59 Å². The number of carbonyl (C=O) groups is 2. The largest absolute Gasteiger partial charge is 0.371 e. The van der Waals surface area contributed by atoms with Gasteiger partial charge in [-0.2, -0.15) is 0 Å². The van der Waals surface area contributed by atoms with Crippen LogP contribution in [0.5, 0.6) is 0 Å². The van der Waals surface area contributed by atoms with Crippen molar-refractivity contribution in [1.29, 1.82) is 0 Å². The van der Waals surface area contributed by atoms with Crippen molar-refractivity contribution in [2.75, 3.05) is 29.9 Å². The molecule has 3 aliphatic rings. The first-order valence-corrected chi connectivity index (χ1v) is 11.3. The molecule has 2 aliphatic heterocycles. The lowest BCUT2D eigenvalue weighted by Gasteiger charge is -2.31. The molecule has 0 unspecified atom stereocenters. The van der Waals surface area contributed by atoms with E-state index in [1.54, 1.807) is 0 Å². The number of anilines is 2. The van der Waals surface area contributed by atoms with E-state index >= 15 is 0 Å². The van der Waals surface area contributed by atoms with Gasteiger partial charge in [-0.25, -0.2) is 0 Å². The van der Waals surface area contributed by atoms with E-state index in [0.717, 1.165) is 68.8 Å². The first-order chi connectivity index (χ1) is 14.7. The zero-order valence-corrected chi connectivity index (χ0v) is 17.5. The fourth-order valence-electron chi connectivity index (χ4n) is 4.61. The van der Waals surface area contributed by atoms with Crippen molar-refractivity contribution < 1.29 is 9.59 Å². The van der Waals surface area contributed by atoms with Gasteiger partial charge in [0, 0.05) is 49.7 Å². The van der Waals surface area contributed by atoms with Gasteiger partial charge in [-0.1, -0.05) is 12.8 Å². The Morgan fingerprint density at radius 3 is 2.50 bits per heavy atom. The smallest absolute Gasteiger partial charge is 0.256 e. The quantitative estimate of drug-likeness (QED) is 0.839. The van der Waals surface area contributed by atoms with Crippen LogP contribution in [0, 0.1) is 5.92 Å². The van der Waals surface area contributed by atoms with Gasteiger partial charge in [-0.05, 0) is 56.0 Å². The van der Waals surface area contributed by atoms with E-state index in [4.69, 9.17) is 0 Å². The maximum absolute atomic E-state index is 13.5. The molecule has 3 heterocycles. The number of nitrogens with zero attached hydrogens (tertiary/aromatic N) is 3. The van der Waals surface area contributed by atoms with Crippen molar-refractivity contribution in [3.05, 3.63) is 47.8 Å². The van der Waals surface area contributed by atoms with Gasteiger partial charge in [0.1, 0.15) is 0 Å². The number of aromatic nitrogens is 1. The molecule has 0 spiro atoms. The molecule has 1 N–H and O–H groups in total. The van der Waals surface area contributed by atoms with Gasteiger partial charge in [0.25, 0.3) is 5.91 Å². The molecule has 6 heteroatoms. The van der Waals surface area contributed by atoms with Crippen LogP contribution in [0.1, 0.15) is 54.6 Å². The molecule has 5 rings (SSSR count). The number of hydrogen-bond donors (Lipinski definition) is 1. The van der Waals surface area contributed by atoms with Gasteiger partial charge < -0.3 is 19.7 Å². The Balaban J connectivity index is 1.43. The Hall–Kier alpha value is -2.76. The summed E-state index contributed by atoms with van der Waals surface area (Å²) in [5.74, 6) is 0.354. The third-order valence-electron chi connectivity index (χ3n) is 6.56. The molecule has 2 fully saturated rings. The standard InChI is InChI=1S/C24H30N4O2/c29-23(18-7-8-18)25-19-9-10-21(22(16-19)27-11-3-1-2-4-12-27)24(30)28-15-14-26-13-5-6-20(26)17-28/h5-6,9-10,13,16,18H,1-4,7-8,11-12,14-15,17H2,(H,25,29). The minimum atomic E-state index is 0.0850. The number of benzene rings is 1. The summed E-state index contributed by atoms with van der Waals surface area (Å²) in [5.41, 5.74) is 3.70. The van der Waals surface area contributed by atoms with Crippen molar-refractivity contribution in [1.82, 2.24) is 9.47 Å². The zero-order chi connectivity index (χ0) is 20.5. The number of nitrogens with one attached hydrogen (secondary N) is 1. The fraction of sp³-hybridized carbons (Fsp3) is 0.500. The van der Waals surface area contributed by atoms with Gasteiger partial charge in [-0.15, -0.1) is 0 Å². The Morgan fingerprint density at radius 2 is 1.73 bits per heavy atom. The zero-order valence-electron chi connectivity index (χ0n) is 17.5. The average Bonchev–Trinajstić information content (AvgIpc) is 3.56. The second-order valence-corrected chi connectivity index (χ2v) is 8.82. The van der Waals surface area contributed by atoms with Crippen LogP contribution in [0.25, 0.3) is 0 Å². The summed E-state index contributed by atoms with van der Waals surface area (Å²) < 4.78 is 2.22. The van der Waals surface area contributed by atoms with Crippen LogP contribution < -0.4 is 10.2 Å². The predicted octanol–water partition coefficient (Wildman–Crippen LogP) is 3.87. The van der Waals surface area contributed by atoms with Gasteiger partial charge in [0.2, 0.25) is 5.91 Å². The summed E-state index contributed by atoms with van der Waals surface area (Å²) >= 11 is 0. The maximum atomic E-state index is 13.5. The number of amides is 2. The van der Waals surface area contributed by atoms with Crippen LogP contribution in [0.15, 0.2) is 36.5 Å². The molecular formula is C24H30N4O2. The molecule has 1 aromatic heterocycles. The minimum Gasteiger partial charge on any atom is -0.371 e. The van der Waals surface area contributed by atoms with Crippen molar-refractivity contribution in [3.63, 3.8) is 0 Å². The van der Waals surface area contributed by atoms with Gasteiger partial charge in [0.15, 0.2) is 0 Å². The maximum Gasteiger partial charge on any atom is 0.256 e. The highest BCUT2D eigenvalue weighted by Crippen LogP contribution is 2.33. The van der Waals surface area contributed by atoms with Gasteiger partial charge in [-0.3, -0.25) is 9.59 Å². The Morgan fingerprint density at radius 1 is 0.933 bits per heavy atom. The summed E-state index contributed by atoms with van der Waals surface area (Å²) in [5, 5.41) is 3.06. The van der Waals surface area contributed by atoms with E-state index < -0.39 is 0 Å². The SMILES string of the molecule is O=C(Nc1ccc(C(=O)N2CCn3cccc3C2)c(N2CCCCCC2)c1)C1CC1. The molecular weight excluding hydrogens is 376 g/mol. The van der Waals surface area contributed by atoms with Crippen LogP contribution in [0.2, 0.25) is 0 Å². The van der Waals surface area contributed by atoms with Crippen LogP contribution in [0.3, 0.4) is 0 Å². The first kappa shape index (κ1) is 19.2. The molecule has 30 heavy (non-hydrogen) atoms. The molecule has 6 nitrogen and oxygen atoms in total. The lowest BCUT2D eigenvalue weighted by atomic mass is 10.1. The number of fused-ring (bicyclic) bond motifs is 1. The summed E-state index contributed by atoms with van der Waals surface area (Å²) in [6, 6.07) is 9.96. The first-order valence-electron chi connectivity index (χ1n) is 11.3. The van der Waals surface area contributed by atoms with Crippen molar-refractivity contribution >= 4 is 23.2 Å². The van der Waals surface area contributed by atoms with E-state index in [1.807, 2.05) is 29.2 Å². The average molecular weight is 407 g/mol. The Bertz CT molecular complexity index is 938. The van der Waals surface area contributed by atoms with Gasteiger partial charge >= 0.3 is 0 Å². The highest BCUT2D eigenvalue weighted by molar-refractivity contribution is 6.02. The topological polar surface area (TPSA) is 57.6 Å². The monoisotopic (exact) mass is 406 g/mol. The van der Waals surface area contributed by atoms with E-state index in [-0.39, 0.29) is 17.7 Å². The molecule has 0 bridgehead atoms. The van der Waals surface area contributed by atoms with Gasteiger partial charge in [0.05, 0.1) is 17.8 Å². The Labute approximate surface area is 177 Å². The molecule has 0 radical (unpaired) electrons. The molecule has 158 valence electrons. The molecule has 2 aromatic rings. The summed E-state index contributed by atoms with van der Waals surface area (Å²) in [4.78, 5) is 30.1. The number of hydrogen-bond acceptors (Lipinski definition) is 3. The molecule has 0 atom stereocenters. The van der Waals surface area contributed by atoms with E-state index in [1.165, 1.54) is 18.5 Å². The fourth-order valence-corrected chi connectivity index (χ4v) is 4.61. The molecule has 1 aromatic carbocycles. The van der Waals surface area contributed by atoms with Crippen molar-refractivity contribution in [2.45, 2.75) is 51.6 Å². The van der Waals surface area contributed by atoms with Crippen LogP contribution in [0.4, 0.5) is 11.4 Å². The van der Waals surface area contributed by atoms with Crippen molar-refractivity contribution in [2.24, 2.45) is 5.92 Å². The lowest BCUT2D eigenvalue weighted by molar-refractivity contribution is -0.117. The predicted molar refractivity (Wildman–Crippen MR) is 118 cm³/mol. The third kappa shape index (κ3) is 3.95. The van der Waals surface area contributed by atoms with Crippen molar-refractivity contribution in [3.8, 4) is 0 Å². The summed E-state index contributed by atoms with van der Waals surface area (Å²) in [6.07, 6.45) is 8.81. The highest BCUT2D eigenvalue weighted by Gasteiger charge is 2.30. The highest BCUT2D eigenvalue weighted by atomic mass is 16.2. The summed E-state index contributed by atoms with van der Waals surface area (Å²) in [7, 11) is 0. The number of rotatable bonds is 4. The van der Waals surface area contributed by atoms with Crippen LogP contribution in [-0.2, 0) is 17.9 Å². The van der Waals surface area contributed by atoms with Crippen LogP contribution in [-0.4, -0.2) is 40.9 Å². The molecule has 2 amide bonds. The molecule has 1 saturated carbocycles. The third-order valence-corrected chi connectivity index (χ3v) is 6.56. The lowest BCUT2D eigenvalue weighted by Crippen LogP contribution is -2.39. The molecule has 1 saturated heterocycles. The van der Waals surface area contributed by atoms with E-state index in [2.05, 4.69) is 27.0 Å².